The number of aryl methyl sites for hydroxylation is 4. The summed E-state index contributed by atoms with van der Waals surface area (Å²) in [7, 11) is 0. The highest BCUT2D eigenvalue weighted by Crippen LogP contribution is 2.29. The van der Waals surface area contributed by atoms with Crippen LogP contribution in [0.25, 0.3) is 11.0 Å². The van der Waals surface area contributed by atoms with Crippen LogP contribution in [0.15, 0.2) is 30.3 Å². The number of aromatic nitrogens is 2. The summed E-state index contributed by atoms with van der Waals surface area (Å²) in [5.74, 6) is 1.58. The zero-order valence-corrected chi connectivity index (χ0v) is 17.9. The lowest BCUT2D eigenvalue weighted by Crippen LogP contribution is -2.40. The molecule has 2 N–H and O–H groups in total. The molecule has 1 saturated heterocycles. The summed E-state index contributed by atoms with van der Waals surface area (Å²) >= 11 is 5.68. The fourth-order valence-electron chi connectivity index (χ4n) is 3.99. The molecule has 4 rings (SSSR count). The Morgan fingerprint density at radius 2 is 1.75 bits per heavy atom. The van der Waals surface area contributed by atoms with Gasteiger partial charge in [0.2, 0.25) is 0 Å². The minimum absolute atomic E-state index is 0.466. The molecule has 0 atom stereocenters. The van der Waals surface area contributed by atoms with E-state index in [1.807, 2.05) is 0 Å². The van der Waals surface area contributed by atoms with E-state index in [0.717, 1.165) is 53.6 Å². The smallest absolute Gasteiger partial charge is 0.173 e. The molecule has 0 unspecified atom stereocenters. The molecule has 2 heterocycles. The van der Waals surface area contributed by atoms with Crippen molar-refractivity contribution in [1.82, 2.24) is 14.9 Å². The fraction of sp³-hybridized carbons (Fsp3) is 0.391. The SMILES string of the molecule is Cc1ccc(NC(=S)N2CCC(c3nc4cc(C)c(C)cc4[nH]3)CC2)c(C)c1. The maximum atomic E-state index is 5.68. The van der Waals surface area contributed by atoms with E-state index in [1.165, 1.54) is 22.3 Å². The summed E-state index contributed by atoms with van der Waals surface area (Å²) in [5.41, 5.74) is 8.42. The van der Waals surface area contributed by atoms with Gasteiger partial charge in [0.15, 0.2) is 5.11 Å². The van der Waals surface area contributed by atoms with Crippen molar-refractivity contribution in [3.63, 3.8) is 0 Å². The van der Waals surface area contributed by atoms with Crippen LogP contribution in [0.5, 0.6) is 0 Å². The summed E-state index contributed by atoms with van der Waals surface area (Å²) in [4.78, 5) is 10.7. The third-order valence-corrected chi connectivity index (χ3v) is 6.27. The number of piperidine rings is 1. The fourth-order valence-corrected chi connectivity index (χ4v) is 4.28. The second kappa shape index (κ2) is 7.55. The summed E-state index contributed by atoms with van der Waals surface area (Å²) in [6, 6.07) is 10.8. The van der Waals surface area contributed by atoms with Gasteiger partial charge in [-0.2, -0.15) is 0 Å². The molecule has 1 aliphatic rings. The number of nitrogens with zero attached hydrogens (tertiary/aromatic N) is 2. The average Bonchev–Trinajstić information content (AvgIpc) is 3.07. The van der Waals surface area contributed by atoms with Crippen LogP contribution >= 0.6 is 12.2 Å². The number of aromatic amines is 1. The number of H-pyrrole nitrogens is 1. The number of imidazole rings is 1. The van der Waals surface area contributed by atoms with Gasteiger partial charge in [0, 0.05) is 24.7 Å². The molecule has 3 aromatic rings. The maximum absolute atomic E-state index is 5.68. The quantitative estimate of drug-likeness (QED) is 0.575. The van der Waals surface area contributed by atoms with E-state index < -0.39 is 0 Å². The largest absolute Gasteiger partial charge is 0.349 e. The number of anilines is 1. The lowest BCUT2D eigenvalue weighted by Gasteiger charge is -2.33. The Kier molecular flexibility index (Phi) is 5.11. The third kappa shape index (κ3) is 3.76. The molecule has 5 heteroatoms. The van der Waals surface area contributed by atoms with E-state index in [-0.39, 0.29) is 0 Å². The van der Waals surface area contributed by atoms with Gasteiger partial charge in [-0.3, -0.25) is 0 Å². The van der Waals surface area contributed by atoms with Crippen LogP contribution in [0.3, 0.4) is 0 Å². The van der Waals surface area contributed by atoms with Gasteiger partial charge in [-0.25, -0.2) is 4.98 Å². The first-order valence-corrected chi connectivity index (χ1v) is 10.4. The molecule has 146 valence electrons. The van der Waals surface area contributed by atoms with Crippen LogP contribution in [0, 0.1) is 27.7 Å². The number of fused-ring (bicyclic) bond motifs is 1. The summed E-state index contributed by atoms with van der Waals surface area (Å²) < 4.78 is 0. The number of rotatable bonds is 2. The van der Waals surface area contributed by atoms with Crippen molar-refractivity contribution in [1.29, 1.82) is 0 Å². The van der Waals surface area contributed by atoms with Gasteiger partial charge in [-0.15, -0.1) is 0 Å². The molecule has 0 bridgehead atoms. The zero-order valence-electron chi connectivity index (χ0n) is 17.1. The maximum Gasteiger partial charge on any atom is 0.173 e. The number of hydrogen-bond donors (Lipinski definition) is 2. The topological polar surface area (TPSA) is 44.0 Å². The lowest BCUT2D eigenvalue weighted by molar-refractivity contribution is 0.311. The van der Waals surface area contributed by atoms with Crippen LogP contribution in [0.4, 0.5) is 5.69 Å². The van der Waals surface area contributed by atoms with Crippen LogP contribution in [-0.4, -0.2) is 33.1 Å². The minimum Gasteiger partial charge on any atom is -0.349 e. The molecule has 4 nitrogen and oxygen atoms in total. The Hall–Kier alpha value is -2.40. The Labute approximate surface area is 172 Å². The first-order chi connectivity index (χ1) is 13.4. The van der Waals surface area contributed by atoms with Crippen molar-refractivity contribution in [2.75, 3.05) is 18.4 Å². The molecule has 0 radical (unpaired) electrons. The second-order valence-corrected chi connectivity index (χ2v) is 8.47. The standard InChI is InChI=1S/C23H28N4S/c1-14-5-6-19(17(4)11-14)26-23(28)27-9-7-18(8-10-27)22-24-20-12-15(2)16(3)13-21(20)25-22/h5-6,11-13,18H,7-10H2,1-4H3,(H,24,25)(H,26,28). The van der Waals surface area contributed by atoms with Gasteiger partial charge in [0.25, 0.3) is 0 Å². The summed E-state index contributed by atoms with van der Waals surface area (Å²) in [6.07, 6.45) is 2.12. The Morgan fingerprint density at radius 3 is 2.46 bits per heavy atom. The highest BCUT2D eigenvalue weighted by atomic mass is 32.1. The van der Waals surface area contributed by atoms with Crippen LogP contribution in [0.1, 0.15) is 46.8 Å². The van der Waals surface area contributed by atoms with Gasteiger partial charge in [0.05, 0.1) is 11.0 Å². The number of thiocarbonyl (C=S) groups is 1. The summed E-state index contributed by atoms with van der Waals surface area (Å²) in [6.45, 7) is 10.4. The third-order valence-electron chi connectivity index (χ3n) is 5.91. The van der Waals surface area contributed by atoms with Crippen molar-refractivity contribution in [3.8, 4) is 0 Å². The van der Waals surface area contributed by atoms with E-state index in [4.69, 9.17) is 17.2 Å². The number of benzene rings is 2. The van der Waals surface area contributed by atoms with Crippen molar-refractivity contribution in [2.45, 2.75) is 46.5 Å². The van der Waals surface area contributed by atoms with Gasteiger partial charge < -0.3 is 15.2 Å². The first-order valence-electron chi connectivity index (χ1n) is 10.0. The molecule has 1 aliphatic heterocycles. The number of hydrogen-bond acceptors (Lipinski definition) is 2. The predicted molar refractivity (Wildman–Crippen MR) is 121 cm³/mol. The van der Waals surface area contributed by atoms with Crippen molar-refractivity contribution in [2.24, 2.45) is 0 Å². The summed E-state index contributed by atoms with van der Waals surface area (Å²) in [5, 5.41) is 4.25. The van der Waals surface area contributed by atoms with Gasteiger partial charge in [0.1, 0.15) is 5.82 Å². The van der Waals surface area contributed by atoms with E-state index in [0.29, 0.717) is 5.92 Å². The van der Waals surface area contributed by atoms with Crippen LogP contribution < -0.4 is 5.32 Å². The molecule has 0 saturated carbocycles. The average molecular weight is 393 g/mol. The Morgan fingerprint density at radius 1 is 1.04 bits per heavy atom. The predicted octanol–water partition coefficient (Wildman–Crippen LogP) is 5.37. The van der Waals surface area contributed by atoms with Crippen LogP contribution in [-0.2, 0) is 0 Å². The number of likely N-dealkylation sites (tertiary alicyclic amines) is 1. The minimum atomic E-state index is 0.466. The number of nitrogens with one attached hydrogen (secondary N) is 2. The first kappa shape index (κ1) is 18.9. The molecule has 2 aromatic carbocycles. The molecular weight excluding hydrogens is 364 g/mol. The van der Waals surface area contributed by atoms with E-state index in [2.05, 4.69) is 73.2 Å². The van der Waals surface area contributed by atoms with Crippen LogP contribution in [0.2, 0.25) is 0 Å². The highest BCUT2D eigenvalue weighted by molar-refractivity contribution is 7.80. The monoisotopic (exact) mass is 392 g/mol. The van der Waals surface area contributed by atoms with E-state index in [1.54, 1.807) is 0 Å². The Balaban J connectivity index is 1.41. The van der Waals surface area contributed by atoms with E-state index in [9.17, 15) is 0 Å². The Bertz CT molecular complexity index is 990. The molecule has 1 fully saturated rings. The molecule has 0 aliphatic carbocycles. The highest BCUT2D eigenvalue weighted by Gasteiger charge is 2.24. The molecule has 28 heavy (non-hydrogen) atoms. The molecule has 0 spiro atoms. The van der Waals surface area contributed by atoms with Crippen molar-refractivity contribution >= 4 is 34.1 Å². The van der Waals surface area contributed by atoms with Gasteiger partial charge >= 0.3 is 0 Å². The molecule has 1 aromatic heterocycles. The van der Waals surface area contributed by atoms with Crippen molar-refractivity contribution in [3.05, 3.63) is 58.4 Å². The van der Waals surface area contributed by atoms with Gasteiger partial charge in [-0.1, -0.05) is 17.7 Å². The normalized spacial score (nSPS) is 15.2. The second-order valence-electron chi connectivity index (χ2n) is 8.09. The van der Waals surface area contributed by atoms with Gasteiger partial charge in [-0.05, 0) is 87.6 Å². The van der Waals surface area contributed by atoms with Crippen molar-refractivity contribution < 1.29 is 0 Å². The van der Waals surface area contributed by atoms with E-state index >= 15 is 0 Å². The molecular formula is C23H28N4S. The molecule has 0 amide bonds. The zero-order chi connectivity index (χ0) is 19.8. The lowest BCUT2D eigenvalue weighted by atomic mass is 9.96.